The molecule has 1 atom stereocenters. The number of hydrogen-bond acceptors (Lipinski definition) is 2. The van der Waals surface area contributed by atoms with Gasteiger partial charge in [-0.05, 0) is 23.3 Å². The van der Waals surface area contributed by atoms with Crippen LogP contribution in [0.4, 0.5) is 0 Å². The minimum Gasteiger partial charge on any atom is -0.349 e. The molecule has 2 aromatic carbocycles. The summed E-state index contributed by atoms with van der Waals surface area (Å²) in [7, 11) is 0. The van der Waals surface area contributed by atoms with Crippen molar-refractivity contribution in [2.75, 3.05) is 5.75 Å². The van der Waals surface area contributed by atoms with Gasteiger partial charge in [0.25, 0.3) is 0 Å². The number of amides is 1. The van der Waals surface area contributed by atoms with Crippen molar-refractivity contribution in [2.45, 2.75) is 13.0 Å². The second kappa shape index (κ2) is 5.23. The lowest BCUT2D eigenvalue weighted by atomic mass is 10.00. The predicted octanol–water partition coefficient (Wildman–Crippen LogP) is 2.95. The molecule has 3 heteroatoms. The molecule has 0 radical (unpaired) electrons. The maximum Gasteiger partial charge on any atom is 0.230 e. The summed E-state index contributed by atoms with van der Waals surface area (Å²) < 4.78 is 0. The van der Waals surface area contributed by atoms with E-state index in [0.717, 1.165) is 5.56 Å². The summed E-state index contributed by atoms with van der Waals surface area (Å²) in [6.45, 7) is 1.99. The standard InChI is InChI=1S/C14H15NOS/c1-10(15-14(16)9-17)12-8-4-6-11-5-2-3-7-13(11)12/h2-8,10,17H,9H2,1H3,(H,15,16). The molecule has 0 heterocycles. The van der Waals surface area contributed by atoms with Gasteiger partial charge in [-0.3, -0.25) is 4.79 Å². The molecule has 0 fully saturated rings. The van der Waals surface area contributed by atoms with Gasteiger partial charge in [0.1, 0.15) is 0 Å². The molecule has 0 aromatic heterocycles. The van der Waals surface area contributed by atoms with Crippen molar-refractivity contribution in [1.29, 1.82) is 0 Å². The van der Waals surface area contributed by atoms with Crippen LogP contribution >= 0.6 is 12.6 Å². The first-order chi connectivity index (χ1) is 8.22. The van der Waals surface area contributed by atoms with E-state index < -0.39 is 0 Å². The molecule has 0 saturated heterocycles. The van der Waals surface area contributed by atoms with Crippen LogP contribution in [0.15, 0.2) is 42.5 Å². The van der Waals surface area contributed by atoms with Gasteiger partial charge in [0, 0.05) is 0 Å². The highest BCUT2D eigenvalue weighted by Crippen LogP contribution is 2.23. The molecular weight excluding hydrogens is 230 g/mol. The number of fused-ring (bicyclic) bond motifs is 1. The van der Waals surface area contributed by atoms with Crippen LogP contribution in [0.2, 0.25) is 0 Å². The minimum atomic E-state index is -0.0474. The Hall–Kier alpha value is -1.48. The predicted molar refractivity (Wildman–Crippen MR) is 74.4 cm³/mol. The lowest BCUT2D eigenvalue weighted by Crippen LogP contribution is -2.27. The average molecular weight is 245 g/mol. The Morgan fingerprint density at radius 1 is 1.24 bits per heavy atom. The molecule has 1 N–H and O–H groups in total. The van der Waals surface area contributed by atoms with Gasteiger partial charge in [-0.2, -0.15) is 12.6 Å². The molecule has 2 nitrogen and oxygen atoms in total. The van der Waals surface area contributed by atoms with E-state index in [1.165, 1.54) is 10.8 Å². The van der Waals surface area contributed by atoms with Gasteiger partial charge in [0.05, 0.1) is 11.8 Å². The van der Waals surface area contributed by atoms with E-state index in [-0.39, 0.29) is 17.7 Å². The van der Waals surface area contributed by atoms with Crippen molar-refractivity contribution in [2.24, 2.45) is 0 Å². The van der Waals surface area contributed by atoms with Crippen LogP contribution in [-0.2, 0) is 4.79 Å². The minimum absolute atomic E-state index is 0.000694. The topological polar surface area (TPSA) is 29.1 Å². The van der Waals surface area contributed by atoms with E-state index in [2.05, 4.69) is 36.1 Å². The summed E-state index contributed by atoms with van der Waals surface area (Å²) >= 11 is 3.96. The summed E-state index contributed by atoms with van der Waals surface area (Å²) in [4.78, 5) is 11.3. The third-order valence-electron chi connectivity index (χ3n) is 2.81. The number of thiol groups is 1. The van der Waals surface area contributed by atoms with Crippen molar-refractivity contribution >= 4 is 29.3 Å². The van der Waals surface area contributed by atoms with Gasteiger partial charge in [-0.15, -0.1) is 0 Å². The van der Waals surface area contributed by atoms with Crippen LogP contribution < -0.4 is 5.32 Å². The van der Waals surface area contributed by atoms with Crippen LogP contribution in [0.3, 0.4) is 0 Å². The molecule has 0 aliphatic carbocycles. The summed E-state index contributed by atoms with van der Waals surface area (Å²) in [6.07, 6.45) is 0. The zero-order valence-corrected chi connectivity index (χ0v) is 10.6. The number of carbonyl (C=O) groups is 1. The first-order valence-corrected chi connectivity index (χ1v) is 6.23. The van der Waals surface area contributed by atoms with E-state index in [4.69, 9.17) is 0 Å². The smallest absolute Gasteiger partial charge is 0.230 e. The fraction of sp³-hybridized carbons (Fsp3) is 0.214. The molecule has 88 valence electrons. The van der Waals surface area contributed by atoms with Crippen LogP contribution in [0.5, 0.6) is 0 Å². The molecular formula is C14H15NOS. The zero-order chi connectivity index (χ0) is 12.3. The number of nitrogens with one attached hydrogen (secondary N) is 1. The van der Waals surface area contributed by atoms with Gasteiger partial charge in [0.2, 0.25) is 5.91 Å². The second-order valence-electron chi connectivity index (χ2n) is 4.02. The molecule has 0 spiro atoms. The van der Waals surface area contributed by atoms with Crippen molar-refractivity contribution in [3.63, 3.8) is 0 Å². The number of rotatable bonds is 3. The summed E-state index contributed by atoms with van der Waals surface area (Å²) in [5, 5.41) is 5.30. The van der Waals surface area contributed by atoms with Crippen LogP contribution in [0, 0.1) is 0 Å². The highest BCUT2D eigenvalue weighted by atomic mass is 32.1. The Morgan fingerprint density at radius 2 is 1.94 bits per heavy atom. The fourth-order valence-corrected chi connectivity index (χ4v) is 2.08. The maximum atomic E-state index is 11.3. The fourth-order valence-electron chi connectivity index (χ4n) is 1.99. The Kier molecular flexibility index (Phi) is 3.69. The Bertz CT molecular complexity index is 533. The maximum absolute atomic E-state index is 11.3. The van der Waals surface area contributed by atoms with E-state index >= 15 is 0 Å². The number of benzene rings is 2. The van der Waals surface area contributed by atoms with Crippen molar-refractivity contribution in [1.82, 2.24) is 5.32 Å². The summed E-state index contributed by atoms with van der Waals surface area (Å²) in [6, 6.07) is 14.3. The highest BCUT2D eigenvalue weighted by Gasteiger charge is 2.10. The quantitative estimate of drug-likeness (QED) is 0.800. The van der Waals surface area contributed by atoms with Crippen LogP contribution in [0.25, 0.3) is 10.8 Å². The van der Waals surface area contributed by atoms with E-state index in [1.807, 2.05) is 31.2 Å². The molecule has 2 rings (SSSR count). The van der Waals surface area contributed by atoms with Gasteiger partial charge in [-0.1, -0.05) is 42.5 Å². The van der Waals surface area contributed by atoms with E-state index in [0.29, 0.717) is 0 Å². The average Bonchev–Trinajstić information content (AvgIpc) is 2.37. The lowest BCUT2D eigenvalue weighted by Gasteiger charge is -2.16. The first kappa shape index (κ1) is 12.0. The molecule has 1 amide bonds. The Balaban J connectivity index is 2.38. The lowest BCUT2D eigenvalue weighted by molar-refractivity contribution is -0.119. The summed E-state index contributed by atoms with van der Waals surface area (Å²) in [5.41, 5.74) is 1.14. The second-order valence-corrected chi connectivity index (χ2v) is 4.33. The number of hydrogen-bond donors (Lipinski definition) is 2. The monoisotopic (exact) mass is 245 g/mol. The SMILES string of the molecule is CC(NC(=O)CS)c1cccc2ccccc12. The van der Waals surface area contributed by atoms with Gasteiger partial charge in [-0.25, -0.2) is 0 Å². The highest BCUT2D eigenvalue weighted by molar-refractivity contribution is 7.81. The van der Waals surface area contributed by atoms with Gasteiger partial charge in [0.15, 0.2) is 0 Å². The molecule has 17 heavy (non-hydrogen) atoms. The van der Waals surface area contributed by atoms with Crippen molar-refractivity contribution in [3.8, 4) is 0 Å². The van der Waals surface area contributed by atoms with Gasteiger partial charge < -0.3 is 5.32 Å². The normalized spacial score (nSPS) is 12.4. The van der Waals surface area contributed by atoms with E-state index in [9.17, 15) is 4.79 Å². The Morgan fingerprint density at radius 3 is 2.71 bits per heavy atom. The molecule has 0 saturated carbocycles. The third kappa shape index (κ3) is 2.61. The molecule has 0 aliphatic heterocycles. The van der Waals surface area contributed by atoms with Crippen molar-refractivity contribution < 1.29 is 4.79 Å². The molecule has 0 bridgehead atoms. The molecule has 1 unspecified atom stereocenters. The summed E-state index contributed by atoms with van der Waals surface area (Å²) in [5.74, 6) is 0.170. The molecule has 0 aliphatic rings. The van der Waals surface area contributed by atoms with Crippen LogP contribution in [0.1, 0.15) is 18.5 Å². The number of carbonyl (C=O) groups excluding carboxylic acids is 1. The third-order valence-corrected chi connectivity index (χ3v) is 3.10. The molecule has 2 aromatic rings. The largest absolute Gasteiger partial charge is 0.349 e. The van der Waals surface area contributed by atoms with Crippen LogP contribution in [-0.4, -0.2) is 11.7 Å². The van der Waals surface area contributed by atoms with Crippen molar-refractivity contribution in [3.05, 3.63) is 48.0 Å². The van der Waals surface area contributed by atoms with Gasteiger partial charge >= 0.3 is 0 Å². The Labute approximate surface area is 106 Å². The zero-order valence-electron chi connectivity index (χ0n) is 9.68. The first-order valence-electron chi connectivity index (χ1n) is 5.60. The van der Waals surface area contributed by atoms with E-state index in [1.54, 1.807) is 0 Å².